The SMILES string of the molecule is NC(CCCCCS(=O)(=O)O)C(=O)O.O=C(O)c1sccc1Oc1ccc([N+](=O)[O-])cc1. The van der Waals surface area contributed by atoms with Crippen LogP contribution in [0.2, 0.25) is 0 Å². The first kappa shape index (κ1) is 27.0. The molecule has 14 heteroatoms. The molecule has 2 aromatic rings. The van der Waals surface area contributed by atoms with Gasteiger partial charge in [0.1, 0.15) is 11.8 Å². The molecule has 0 fully saturated rings. The number of hydrogen-bond donors (Lipinski definition) is 4. The summed E-state index contributed by atoms with van der Waals surface area (Å²) in [5.41, 5.74) is 5.17. The van der Waals surface area contributed by atoms with Crippen molar-refractivity contribution in [3.05, 3.63) is 50.7 Å². The van der Waals surface area contributed by atoms with Crippen LogP contribution in [0.25, 0.3) is 0 Å². The first-order valence-corrected chi connectivity index (χ1v) is 11.6. The maximum absolute atomic E-state index is 10.9. The van der Waals surface area contributed by atoms with Crippen molar-refractivity contribution in [1.29, 1.82) is 0 Å². The fourth-order valence-electron chi connectivity index (χ4n) is 2.25. The van der Waals surface area contributed by atoms with Crippen LogP contribution < -0.4 is 10.5 Å². The van der Waals surface area contributed by atoms with Gasteiger partial charge in [-0.1, -0.05) is 12.8 Å². The zero-order valence-electron chi connectivity index (χ0n) is 16.6. The molecule has 1 aromatic heterocycles. The quantitative estimate of drug-likeness (QED) is 0.156. The van der Waals surface area contributed by atoms with Gasteiger partial charge in [-0.05, 0) is 36.4 Å². The maximum Gasteiger partial charge on any atom is 0.349 e. The van der Waals surface area contributed by atoms with E-state index in [1.807, 2.05) is 0 Å². The van der Waals surface area contributed by atoms with E-state index in [4.69, 9.17) is 25.2 Å². The first-order valence-electron chi connectivity index (χ1n) is 9.07. The van der Waals surface area contributed by atoms with E-state index in [9.17, 15) is 28.1 Å². The van der Waals surface area contributed by atoms with E-state index in [0.717, 1.165) is 11.3 Å². The Hall–Kier alpha value is -3.07. The molecule has 2 rings (SSSR count). The number of aliphatic carboxylic acids is 1. The molecule has 0 saturated carbocycles. The van der Waals surface area contributed by atoms with Crippen molar-refractivity contribution in [3.8, 4) is 11.5 Å². The minimum Gasteiger partial charge on any atom is -0.480 e. The standard InChI is InChI=1S/C11H7NO5S.C7H15NO5S/c13-11(14)10-9(5-6-18-10)17-8-3-1-7(2-4-8)12(15)16;8-6(7(9)10)4-2-1-3-5-14(11,12)13/h1-6H,(H,13,14);6H,1-5,8H2,(H,9,10)(H,11,12,13). The number of aromatic carboxylic acids is 1. The zero-order chi connectivity index (χ0) is 24.3. The normalized spacial score (nSPS) is 11.7. The Balaban J connectivity index is 0.000000333. The Morgan fingerprint density at radius 2 is 1.75 bits per heavy atom. The molecule has 0 aliphatic carbocycles. The average Bonchev–Trinajstić information content (AvgIpc) is 3.16. The number of unbranched alkanes of at least 4 members (excludes halogenated alkanes) is 2. The molecule has 1 heterocycles. The number of nitro groups is 1. The highest BCUT2D eigenvalue weighted by Gasteiger charge is 2.14. The minimum atomic E-state index is -3.89. The molecule has 176 valence electrons. The second kappa shape index (κ2) is 12.7. The molecule has 0 aliphatic heterocycles. The average molecular weight is 491 g/mol. The van der Waals surface area contributed by atoms with E-state index in [-0.39, 0.29) is 22.1 Å². The fraction of sp³-hybridized carbons (Fsp3) is 0.333. The number of carboxylic acids is 2. The summed E-state index contributed by atoms with van der Waals surface area (Å²) in [4.78, 5) is 31.2. The van der Waals surface area contributed by atoms with Crippen LogP contribution in [0.3, 0.4) is 0 Å². The number of carbonyl (C=O) groups is 2. The van der Waals surface area contributed by atoms with Gasteiger partial charge in [0.05, 0.1) is 10.7 Å². The van der Waals surface area contributed by atoms with Crippen LogP contribution in [0, 0.1) is 10.1 Å². The molecule has 0 spiro atoms. The van der Waals surface area contributed by atoms with Gasteiger partial charge in [-0.2, -0.15) is 8.42 Å². The highest BCUT2D eigenvalue weighted by Crippen LogP contribution is 2.30. The summed E-state index contributed by atoms with van der Waals surface area (Å²) in [5.74, 6) is -1.83. The van der Waals surface area contributed by atoms with Crippen LogP contribution >= 0.6 is 11.3 Å². The summed E-state index contributed by atoms with van der Waals surface area (Å²) in [5, 5.41) is 29.4. The Kier molecular flexibility index (Phi) is 10.7. The summed E-state index contributed by atoms with van der Waals surface area (Å²) in [7, 11) is -3.89. The minimum absolute atomic E-state index is 0.0499. The van der Waals surface area contributed by atoms with Crippen LogP contribution in [-0.4, -0.2) is 51.8 Å². The van der Waals surface area contributed by atoms with Gasteiger partial charge in [0.2, 0.25) is 0 Å². The zero-order valence-corrected chi connectivity index (χ0v) is 18.3. The number of carboxylic acid groups (broad SMARTS) is 2. The molecule has 0 radical (unpaired) electrons. The summed E-state index contributed by atoms with van der Waals surface area (Å²) in [6.07, 6.45) is 1.73. The molecular formula is C18H22N2O10S2. The third-order valence-electron chi connectivity index (χ3n) is 3.83. The van der Waals surface area contributed by atoms with Crippen LogP contribution in [-0.2, 0) is 14.9 Å². The molecule has 1 atom stereocenters. The van der Waals surface area contributed by atoms with Gasteiger partial charge in [0.15, 0.2) is 10.6 Å². The molecule has 0 bridgehead atoms. The van der Waals surface area contributed by atoms with Crippen LogP contribution in [0.4, 0.5) is 5.69 Å². The number of non-ortho nitro benzene ring substituents is 1. The molecule has 1 aromatic carbocycles. The van der Waals surface area contributed by atoms with Crippen molar-refractivity contribution >= 4 is 39.1 Å². The Labute approximate surface area is 187 Å². The molecule has 5 N–H and O–H groups in total. The molecule has 0 aliphatic rings. The van der Waals surface area contributed by atoms with E-state index < -0.39 is 33.0 Å². The molecule has 12 nitrogen and oxygen atoms in total. The summed E-state index contributed by atoms with van der Waals surface area (Å²) < 4.78 is 34.3. The third-order valence-corrected chi connectivity index (χ3v) is 5.52. The van der Waals surface area contributed by atoms with E-state index in [2.05, 4.69) is 0 Å². The lowest BCUT2D eigenvalue weighted by Gasteiger charge is -2.04. The van der Waals surface area contributed by atoms with Gasteiger partial charge in [-0.25, -0.2) is 4.79 Å². The van der Waals surface area contributed by atoms with Gasteiger partial charge in [0, 0.05) is 12.1 Å². The number of ether oxygens (including phenoxy) is 1. The predicted molar refractivity (Wildman–Crippen MR) is 115 cm³/mol. The Morgan fingerprint density at radius 3 is 2.25 bits per heavy atom. The van der Waals surface area contributed by atoms with Gasteiger partial charge in [-0.15, -0.1) is 11.3 Å². The predicted octanol–water partition coefficient (Wildman–Crippen LogP) is 2.99. The van der Waals surface area contributed by atoms with Crippen molar-refractivity contribution in [2.24, 2.45) is 5.73 Å². The summed E-state index contributed by atoms with van der Waals surface area (Å²) in [6.45, 7) is 0. The molecule has 32 heavy (non-hydrogen) atoms. The van der Waals surface area contributed by atoms with Crippen LogP contribution in [0.1, 0.15) is 35.4 Å². The molecule has 1 unspecified atom stereocenters. The number of nitrogens with two attached hydrogens (primary N) is 1. The fourth-order valence-corrected chi connectivity index (χ4v) is 3.47. The molecular weight excluding hydrogens is 468 g/mol. The van der Waals surface area contributed by atoms with Crippen molar-refractivity contribution < 1.29 is 42.4 Å². The van der Waals surface area contributed by atoms with E-state index in [1.165, 1.54) is 30.3 Å². The lowest BCUT2D eigenvalue weighted by atomic mass is 10.1. The van der Waals surface area contributed by atoms with Gasteiger partial charge >= 0.3 is 11.9 Å². The van der Waals surface area contributed by atoms with Gasteiger partial charge < -0.3 is 20.7 Å². The number of nitrogens with zero attached hydrogens (tertiary/aromatic N) is 1. The number of thiophene rings is 1. The molecule has 0 amide bonds. The second-order valence-corrected chi connectivity index (χ2v) is 8.84. The van der Waals surface area contributed by atoms with Crippen LogP contribution in [0.15, 0.2) is 35.7 Å². The maximum atomic E-state index is 10.9. The van der Waals surface area contributed by atoms with E-state index >= 15 is 0 Å². The van der Waals surface area contributed by atoms with Gasteiger partial charge in [-0.3, -0.25) is 19.5 Å². The number of benzene rings is 1. The third kappa shape index (κ3) is 10.3. The topological polar surface area (TPSA) is 207 Å². The van der Waals surface area contributed by atoms with Crippen molar-refractivity contribution in [1.82, 2.24) is 0 Å². The smallest absolute Gasteiger partial charge is 0.349 e. The number of rotatable bonds is 11. The monoisotopic (exact) mass is 490 g/mol. The van der Waals surface area contributed by atoms with Crippen LogP contribution in [0.5, 0.6) is 11.5 Å². The number of nitro benzene ring substituents is 1. The Bertz CT molecular complexity index is 1020. The van der Waals surface area contributed by atoms with Crippen molar-refractivity contribution in [2.75, 3.05) is 5.75 Å². The van der Waals surface area contributed by atoms with Gasteiger partial charge in [0.25, 0.3) is 15.8 Å². The highest BCUT2D eigenvalue weighted by molar-refractivity contribution is 7.85. The highest BCUT2D eigenvalue weighted by atomic mass is 32.2. The first-order chi connectivity index (χ1) is 14.9. The lowest BCUT2D eigenvalue weighted by Crippen LogP contribution is -2.29. The summed E-state index contributed by atoms with van der Waals surface area (Å²) in [6, 6.07) is 6.07. The second-order valence-electron chi connectivity index (χ2n) is 6.35. The summed E-state index contributed by atoms with van der Waals surface area (Å²) >= 11 is 1.05. The molecule has 0 saturated heterocycles. The van der Waals surface area contributed by atoms with Crippen molar-refractivity contribution in [3.63, 3.8) is 0 Å². The Morgan fingerprint density at radius 1 is 1.12 bits per heavy atom. The largest absolute Gasteiger partial charge is 0.480 e. The van der Waals surface area contributed by atoms with E-state index in [1.54, 1.807) is 5.38 Å². The van der Waals surface area contributed by atoms with Crippen molar-refractivity contribution in [2.45, 2.75) is 31.7 Å². The lowest BCUT2D eigenvalue weighted by molar-refractivity contribution is -0.384. The van der Waals surface area contributed by atoms with E-state index in [0.29, 0.717) is 31.4 Å². The number of hydrogen-bond acceptors (Lipinski definition) is 9.